The van der Waals surface area contributed by atoms with Gasteiger partial charge >= 0.3 is 5.97 Å². The Morgan fingerprint density at radius 2 is 1.64 bits per heavy atom. The number of methoxy groups -OCH3 is 1. The summed E-state index contributed by atoms with van der Waals surface area (Å²) < 4.78 is 12.1. The fraction of sp³-hybridized carbons (Fsp3) is 0.304. The summed E-state index contributed by atoms with van der Waals surface area (Å²) in [4.78, 5) is 25.1. The standard InChI is InChI=1S/C23H25NO4/c1-15(28-17-12-10-16(11-13-17)23(2,3)4)21(25)24-14-19(22(26)27-5)18-8-6-7-9-20(18)24/h6-15H,1-5H3/t15-/m0/s1. The Hall–Kier alpha value is -3.08. The molecular weight excluding hydrogens is 354 g/mol. The predicted octanol–water partition coefficient (Wildman–Crippen LogP) is 4.83. The molecule has 0 saturated heterocycles. The van der Waals surface area contributed by atoms with Crippen molar-refractivity contribution in [2.45, 2.75) is 39.2 Å². The number of fused-ring (bicyclic) bond motifs is 1. The van der Waals surface area contributed by atoms with Crippen molar-refractivity contribution in [2.24, 2.45) is 0 Å². The van der Waals surface area contributed by atoms with Crippen LogP contribution in [0.1, 0.15) is 48.4 Å². The number of benzene rings is 2. The fourth-order valence-corrected chi connectivity index (χ4v) is 3.12. The number of carbonyl (C=O) groups excluding carboxylic acids is 2. The lowest BCUT2D eigenvalue weighted by molar-refractivity contribution is 0.0602. The average molecular weight is 379 g/mol. The summed E-state index contributed by atoms with van der Waals surface area (Å²) in [7, 11) is 1.32. The van der Waals surface area contributed by atoms with Crippen molar-refractivity contribution in [3.8, 4) is 5.75 Å². The van der Waals surface area contributed by atoms with Crippen LogP contribution in [0, 0.1) is 0 Å². The van der Waals surface area contributed by atoms with Gasteiger partial charge in [-0.25, -0.2) is 4.79 Å². The predicted molar refractivity (Wildman–Crippen MR) is 109 cm³/mol. The molecule has 5 heteroatoms. The second-order valence-corrected chi connectivity index (χ2v) is 7.79. The van der Waals surface area contributed by atoms with E-state index in [1.165, 1.54) is 23.4 Å². The van der Waals surface area contributed by atoms with E-state index in [0.717, 1.165) is 0 Å². The first-order chi connectivity index (χ1) is 13.2. The van der Waals surface area contributed by atoms with Gasteiger partial charge in [-0.2, -0.15) is 0 Å². The molecule has 0 radical (unpaired) electrons. The number of carbonyl (C=O) groups is 2. The van der Waals surface area contributed by atoms with Crippen molar-refractivity contribution in [1.29, 1.82) is 0 Å². The van der Waals surface area contributed by atoms with Crippen molar-refractivity contribution in [1.82, 2.24) is 4.57 Å². The average Bonchev–Trinajstić information content (AvgIpc) is 3.06. The lowest BCUT2D eigenvalue weighted by atomic mass is 9.87. The zero-order chi connectivity index (χ0) is 20.5. The van der Waals surface area contributed by atoms with E-state index in [9.17, 15) is 9.59 Å². The SMILES string of the molecule is COC(=O)c1cn(C(=O)[C@H](C)Oc2ccc(C(C)(C)C)cc2)c2ccccc12. The maximum absolute atomic E-state index is 13.0. The van der Waals surface area contributed by atoms with Crippen LogP contribution >= 0.6 is 0 Å². The number of nitrogens with zero attached hydrogens (tertiary/aromatic N) is 1. The lowest BCUT2D eigenvalue weighted by Crippen LogP contribution is -2.28. The minimum absolute atomic E-state index is 0.0499. The molecule has 0 N–H and O–H groups in total. The van der Waals surface area contributed by atoms with E-state index in [-0.39, 0.29) is 11.3 Å². The summed E-state index contributed by atoms with van der Waals surface area (Å²) >= 11 is 0. The summed E-state index contributed by atoms with van der Waals surface area (Å²) in [6.07, 6.45) is 0.795. The van der Waals surface area contributed by atoms with E-state index < -0.39 is 12.1 Å². The molecule has 0 saturated carbocycles. The van der Waals surface area contributed by atoms with Gasteiger partial charge in [0.15, 0.2) is 6.10 Å². The van der Waals surface area contributed by atoms with E-state index in [0.29, 0.717) is 22.2 Å². The maximum atomic E-state index is 13.0. The van der Waals surface area contributed by atoms with Crippen LogP contribution in [0.5, 0.6) is 5.75 Å². The highest BCUT2D eigenvalue weighted by atomic mass is 16.5. The van der Waals surface area contributed by atoms with Crippen LogP contribution in [-0.2, 0) is 10.2 Å². The van der Waals surface area contributed by atoms with Crippen molar-refractivity contribution in [2.75, 3.05) is 7.11 Å². The van der Waals surface area contributed by atoms with Crippen LogP contribution in [0.2, 0.25) is 0 Å². The number of ether oxygens (including phenoxy) is 2. The van der Waals surface area contributed by atoms with Crippen molar-refractivity contribution in [3.05, 3.63) is 65.9 Å². The molecule has 0 spiro atoms. The van der Waals surface area contributed by atoms with Gasteiger partial charge in [-0.05, 0) is 36.1 Å². The van der Waals surface area contributed by atoms with Gasteiger partial charge in [0.05, 0.1) is 18.2 Å². The Labute approximate surface area is 164 Å². The van der Waals surface area contributed by atoms with Gasteiger partial charge in [0.2, 0.25) is 0 Å². The molecule has 1 aromatic heterocycles. The smallest absolute Gasteiger partial charge is 0.340 e. The topological polar surface area (TPSA) is 57.5 Å². The van der Waals surface area contributed by atoms with Gasteiger partial charge in [-0.1, -0.05) is 51.1 Å². The highest BCUT2D eigenvalue weighted by Gasteiger charge is 2.23. The van der Waals surface area contributed by atoms with Gasteiger partial charge in [0, 0.05) is 11.6 Å². The molecule has 5 nitrogen and oxygen atoms in total. The summed E-state index contributed by atoms with van der Waals surface area (Å²) in [5, 5.41) is 0.671. The molecule has 0 amide bonds. The van der Waals surface area contributed by atoms with Crippen LogP contribution in [0.25, 0.3) is 10.9 Å². The van der Waals surface area contributed by atoms with Crippen LogP contribution in [0.15, 0.2) is 54.7 Å². The second-order valence-electron chi connectivity index (χ2n) is 7.79. The van der Waals surface area contributed by atoms with E-state index >= 15 is 0 Å². The summed E-state index contributed by atoms with van der Waals surface area (Å²) in [6, 6.07) is 15.0. The maximum Gasteiger partial charge on any atom is 0.340 e. The number of para-hydroxylation sites is 1. The molecule has 2 aromatic carbocycles. The number of hydrogen-bond donors (Lipinski definition) is 0. The molecule has 0 aliphatic heterocycles. The molecule has 28 heavy (non-hydrogen) atoms. The monoisotopic (exact) mass is 379 g/mol. The van der Waals surface area contributed by atoms with Gasteiger partial charge < -0.3 is 9.47 Å². The molecule has 1 heterocycles. The Balaban J connectivity index is 1.87. The molecule has 3 aromatic rings. The van der Waals surface area contributed by atoms with Gasteiger partial charge in [-0.3, -0.25) is 9.36 Å². The minimum Gasteiger partial charge on any atom is -0.481 e. The third-order valence-electron chi connectivity index (χ3n) is 4.74. The number of esters is 1. The van der Waals surface area contributed by atoms with Gasteiger partial charge in [0.25, 0.3) is 5.91 Å². The molecule has 0 aliphatic carbocycles. The zero-order valence-electron chi connectivity index (χ0n) is 16.9. The Kier molecular flexibility index (Phi) is 5.27. The molecule has 0 aliphatic rings. The van der Waals surface area contributed by atoms with Crippen molar-refractivity contribution < 1.29 is 19.1 Å². The zero-order valence-corrected chi connectivity index (χ0v) is 16.9. The summed E-state index contributed by atoms with van der Waals surface area (Å²) in [6.45, 7) is 8.13. The quantitative estimate of drug-likeness (QED) is 0.609. The second kappa shape index (κ2) is 7.50. The lowest BCUT2D eigenvalue weighted by Gasteiger charge is -2.20. The molecule has 3 rings (SSSR count). The van der Waals surface area contributed by atoms with Crippen LogP contribution in [0.3, 0.4) is 0 Å². The fourth-order valence-electron chi connectivity index (χ4n) is 3.12. The molecule has 146 valence electrons. The molecule has 0 fully saturated rings. The number of aromatic nitrogens is 1. The highest BCUT2D eigenvalue weighted by Crippen LogP contribution is 2.26. The number of rotatable bonds is 4. The summed E-state index contributed by atoms with van der Waals surface area (Å²) in [5.41, 5.74) is 2.24. The Bertz CT molecular complexity index is 1010. The third kappa shape index (κ3) is 3.79. The highest BCUT2D eigenvalue weighted by molar-refractivity contribution is 6.07. The molecule has 1 atom stereocenters. The number of hydrogen-bond acceptors (Lipinski definition) is 4. The van der Waals surface area contributed by atoms with Gasteiger partial charge in [0.1, 0.15) is 5.75 Å². The van der Waals surface area contributed by atoms with E-state index in [1.807, 2.05) is 36.4 Å². The first-order valence-electron chi connectivity index (χ1n) is 9.22. The van der Waals surface area contributed by atoms with Crippen molar-refractivity contribution >= 4 is 22.8 Å². The van der Waals surface area contributed by atoms with Crippen LogP contribution in [0.4, 0.5) is 0 Å². The van der Waals surface area contributed by atoms with Crippen LogP contribution in [-0.4, -0.2) is 29.7 Å². The first kappa shape index (κ1) is 19.7. The van der Waals surface area contributed by atoms with E-state index in [1.54, 1.807) is 19.1 Å². The van der Waals surface area contributed by atoms with E-state index in [2.05, 4.69) is 20.8 Å². The normalized spacial score (nSPS) is 12.6. The molecular formula is C23H25NO4. The van der Waals surface area contributed by atoms with Gasteiger partial charge in [-0.15, -0.1) is 0 Å². The third-order valence-corrected chi connectivity index (χ3v) is 4.74. The first-order valence-corrected chi connectivity index (χ1v) is 9.22. The van der Waals surface area contributed by atoms with E-state index in [4.69, 9.17) is 9.47 Å². The Morgan fingerprint density at radius 3 is 2.25 bits per heavy atom. The Morgan fingerprint density at radius 1 is 1.00 bits per heavy atom. The van der Waals surface area contributed by atoms with Crippen molar-refractivity contribution in [3.63, 3.8) is 0 Å². The summed E-state index contributed by atoms with van der Waals surface area (Å²) in [5.74, 6) is -0.112. The largest absolute Gasteiger partial charge is 0.481 e. The minimum atomic E-state index is -0.721. The van der Waals surface area contributed by atoms with Crippen LogP contribution < -0.4 is 4.74 Å². The molecule has 0 unspecified atom stereocenters. The molecule has 0 bridgehead atoms.